The van der Waals surface area contributed by atoms with Crippen LogP contribution in [0.2, 0.25) is 0 Å². The summed E-state index contributed by atoms with van der Waals surface area (Å²) in [6.45, 7) is 4.26. The first-order chi connectivity index (χ1) is 6.16. The van der Waals surface area contributed by atoms with E-state index in [1.165, 1.54) is 5.56 Å². The van der Waals surface area contributed by atoms with Crippen LogP contribution in [0.4, 0.5) is 0 Å². The van der Waals surface area contributed by atoms with E-state index in [0.29, 0.717) is 0 Å². The Hall–Kier alpha value is -1.02. The van der Waals surface area contributed by atoms with Gasteiger partial charge >= 0.3 is 0 Å². The van der Waals surface area contributed by atoms with Gasteiger partial charge < -0.3 is 9.47 Å². The fraction of sp³-hybridized carbons (Fsp3) is 0.455. The Bertz CT molecular complexity index is 318. The predicted octanol–water partition coefficient (Wildman–Crippen LogP) is 2.33. The molecule has 70 valence electrons. The zero-order valence-electron chi connectivity index (χ0n) is 8.20. The van der Waals surface area contributed by atoms with Gasteiger partial charge in [-0.2, -0.15) is 0 Å². The van der Waals surface area contributed by atoms with Crippen molar-refractivity contribution in [2.75, 3.05) is 7.11 Å². The monoisotopic (exact) mass is 178 g/mol. The number of rotatable bonds is 1. The van der Waals surface area contributed by atoms with Crippen molar-refractivity contribution < 1.29 is 9.47 Å². The molecule has 0 saturated heterocycles. The van der Waals surface area contributed by atoms with E-state index in [1.54, 1.807) is 7.11 Å². The first-order valence-corrected chi connectivity index (χ1v) is 4.45. The van der Waals surface area contributed by atoms with Crippen LogP contribution >= 0.6 is 0 Å². The molecule has 0 aliphatic carbocycles. The van der Waals surface area contributed by atoms with Gasteiger partial charge in [0, 0.05) is 12.7 Å². The van der Waals surface area contributed by atoms with E-state index in [4.69, 9.17) is 9.47 Å². The standard InChI is InChI=1S/C11H14O2/c1-11(2)8-6-4-5-7-9(8)13-10(11)12-3/h4-7,10H,1-3H3. The minimum absolute atomic E-state index is 0.0503. The molecule has 0 radical (unpaired) electrons. The zero-order chi connectivity index (χ0) is 9.47. The Morgan fingerprint density at radius 2 is 2.00 bits per heavy atom. The van der Waals surface area contributed by atoms with Crippen LogP contribution in [0.3, 0.4) is 0 Å². The molecule has 1 unspecified atom stereocenters. The third-order valence-corrected chi connectivity index (χ3v) is 2.62. The lowest BCUT2D eigenvalue weighted by Crippen LogP contribution is -2.33. The number of hydrogen-bond acceptors (Lipinski definition) is 2. The van der Waals surface area contributed by atoms with Gasteiger partial charge in [-0.15, -0.1) is 0 Å². The Morgan fingerprint density at radius 1 is 1.31 bits per heavy atom. The summed E-state index contributed by atoms with van der Waals surface area (Å²) in [4.78, 5) is 0. The van der Waals surface area contributed by atoms with Crippen LogP contribution < -0.4 is 4.74 Å². The average Bonchev–Trinajstić information content (AvgIpc) is 2.39. The van der Waals surface area contributed by atoms with Crippen LogP contribution in [-0.2, 0) is 10.2 Å². The first-order valence-electron chi connectivity index (χ1n) is 4.45. The molecule has 1 aliphatic rings. The van der Waals surface area contributed by atoms with E-state index in [9.17, 15) is 0 Å². The normalized spacial score (nSPS) is 23.8. The molecule has 2 rings (SSSR count). The molecule has 0 fully saturated rings. The summed E-state index contributed by atoms with van der Waals surface area (Å²) in [5, 5.41) is 0. The van der Waals surface area contributed by atoms with Crippen molar-refractivity contribution in [1.29, 1.82) is 0 Å². The van der Waals surface area contributed by atoms with Crippen molar-refractivity contribution in [3.8, 4) is 5.75 Å². The van der Waals surface area contributed by atoms with E-state index in [1.807, 2.05) is 18.2 Å². The maximum Gasteiger partial charge on any atom is 0.208 e. The zero-order valence-corrected chi connectivity index (χ0v) is 8.20. The molecule has 0 bridgehead atoms. The van der Waals surface area contributed by atoms with Crippen LogP contribution in [0.5, 0.6) is 5.75 Å². The summed E-state index contributed by atoms with van der Waals surface area (Å²) >= 11 is 0. The molecular weight excluding hydrogens is 164 g/mol. The summed E-state index contributed by atoms with van der Waals surface area (Å²) in [6.07, 6.45) is -0.162. The molecule has 2 nitrogen and oxygen atoms in total. The largest absolute Gasteiger partial charge is 0.464 e. The number of benzene rings is 1. The smallest absolute Gasteiger partial charge is 0.208 e. The number of fused-ring (bicyclic) bond motifs is 1. The maximum atomic E-state index is 5.65. The molecule has 0 saturated carbocycles. The fourth-order valence-corrected chi connectivity index (χ4v) is 1.83. The van der Waals surface area contributed by atoms with Gasteiger partial charge in [0.05, 0.1) is 5.41 Å². The lowest BCUT2D eigenvalue weighted by Gasteiger charge is -2.23. The highest BCUT2D eigenvalue weighted by Crippen LogP contribution is 2.42. The molecule has 13 heavy (non-hydrogen) atoms. The number of hydrogen-bond donors (Lipinski definition) is 0. The molecule has 2 heteroatoms. The van der Waals surface area contributed by atoms with Crippen molar-refractivity contribution in [1.82, 2.24) is 0 Å². The molecule has 1 aliphatic heterocycles. The highest BCUT2D eigenvalue weighted by atomic mass is 16.7. The topological polar surface area (TPSA) is 18.5 Å². The van der Waals surface area contributed by atoms with Gasteiger partial charge in [0.25, 0.3) is 0 Å². The second-order valence-corrected chi connectivity index (χ2v) is 3.90. The van der Waals surface area contributed by atoms with E-state index < -0.39 is 0 Å². The summed E-state index contributed by atoms with van der Waals surface area (Å²) in [5.74, 6) is 0.944. The van der Waals surface area contributed by atoms with Crippen LogP contribution in [0.1, 0.15) is 19.4 Å². The number of ether oxygens (including phenoxy) is 2. The summed E-state index contributed by atoms with van der Waals surface area (Å²) in [6, 6.07) is 8.08. The third-order valence-electron chi connectivity index (χ3n) is 2.62. The Morgan fingerprint density at radius 3 is 2.62 bits per heavy atom. The van der Waals surface area contributed by atoms with Crippen LogP contribution in [-0.4, -0.2) is 13.4 Å². The lowest BCUT2D eigenvalue weighted by molar-refractivity contribution is -0.0779. The maximum absolute atomic E-state index is 5.65. The SMILES string of the molecule is COC1Oc2ccccc2C1(C)C. The lowest BCUT2D eigenvalue weighted by atomic mass is 9.85. The molecule has 0 aromatic heterocycles. The Balaban J connectivity index is 2.47. The number of methoxy groups -OCH3 is 1. The van der Waals surface area contributed by atoms with Gasteiger partial charge in [0.15, 0.2) is 0 Å². The van der Waals surface area contributed by atoms with Gasteiger partial charge in [0.2, 0.25) is 6.29 Å². The summed E-state index contributed by atoms with van der Waals surface area (Å²) < 4.78 is 10.9. The Labute approximate surface area is 78.5 Å². The average molecular weight is 178 g/mol. The van der Waals surface area contributed by atoms with Gasteiger partial charge in [-0.05, 0) is 19.9 Å². The molecule has 0 spiro atoms. The second kappa shape index (κ2) is 2.74. The van der Waals surface area contributed by atoms with Crippen molar-refractivity contribution in [2.45, 2.75) is 25.6 Å². The summed E-state index contributed by atoms with van der Waals surface area (Å²) in [7, 11) is 1.68. The predicted molar refractivity (Wildman–Crippen MR) is 50.9 cm³/mol. The van der Waals surface area contributed by atoms with Crippen molar-refractivity contribution in [3.63, 3.8) is 0 Å². The van der Waals surface area contributed by atoms with E-state index in [-0.39, 0.29) is 11.7 Å². The molecule has 0 amide bonds. The van der Waals surface area contributed by atoms with Crippen molar-refractivity contribution >= 4 is 0 Å². The minimum atomic E-state index is -0.162. The third kappa shape index (κ3) is 1.13. The highest BCUT2D eigenvalue weighted by Gasteiger charge is 2.41. The molecule has 1 aromatic rings. The van der Waals surface area contributed by atoms with Crippen LogP contribution in [0, 0.1) is 0 Å². The van der Waals surface area contributed by atoms with E-state index >= 15 is 0 Å². The molecule has 1 atom stereocenters. The number of para-hydroxylation sites is 1. The van der Waals surface area contributed by atoms with Crippen LogP contribution in [0.15, 0.2) is 24.3 Å². The minimum Gasteiger partial charge on any atom is -0.464 e. The quantitative estimate of drug-likeness (QED) is 0.657. The van der Waals surface area contributed by atoms with Gasteiger partial charge in [-0.25, -0.2) is 0 Å². The highest BCUT2D eigenvalue weighted by molar-refractivity contribution is 5.43. The molecular formula is C11H14O2. The van der Waals surface area contributed by atoms with Crippen LogP contribution in [0.25, 0.3) is 0 Å². The van der Waals surface area contributed by atoms with E-state index in [0.717, 1.165) is 5.75 Å². The van der Waals surface area contributed by atoms with Gasteiger partial charge in [-0.3, -0.25) is 0 Å². The fourth-order valence-electron chi connectivity index (χ4n) is 1.83. The second-order valence-electron chi connectivity index (χ2n) is 3.90. The molecule has 1 aromatic carbocycles. The van der Waals surface area contributed by atoms with E-state index in [2.05, 4.69) is 19.9 Å². The van der Waals surface area contributed by atoms with Crippen molar-refractivity contribution in [2.24, 2.45) is 0 Å². The first kappa shape index (κ1) is 8.57. The van der Waals surface area contributed by atoms with Gasteiger partial charge in [0.1, 0.15) is 5.75 Å². The molecule has 1 heterocycles. The summed E-state index contributed by atoms with van der Waals surface area (Å²) in [5.41, 5.74) is 1.17. The molecule has 0 N–H and O–H groups in total. The Kier molecular flexibility index (Phi) is 1.81. The van der Waals surface area contributed by atoms with Gasteiger partial charge in [-0.1, -0.05) is 18.2 Å². The van der Waals surface area contributed by atoms with Crippen molar-refractivity contribution in [3.05, 3.63) is 29.8 Å².